The molecule has 0 saturated carbocycles. The fourth-order valence-electron chi connectivity index (χ4n) is 1.50. The third-order valence-electron chi connectivity index (χ3n) is 2.35. The Hall–Kier alpha value is -2.22. The van der Waals surface area contributed by atoms with Crippen LogP contribution in [-0.4, -0.2) is 38.3 Å². The number of aliphatic carboxylic acids is 1. The second kappa shape index (κ2) is 5.19. The predicted molar refractivity (Wildman–Crippen MR) is 69.0 cm³/mol. The Labute approximate surface area is 112 Å². The summed E-state index contributed by atoms with van der Waals surface area (Å²) in [6, 6.07) is 0. The van der Waals surface area contributed by atoms with Crippen LogP contribution in [-0.2, 0) is 11.8 Å². The molecule has 0 fully saturated rings. The molecule has 0 aliphatic heterocycles. The van der Waals surface area contributed by atoms with Gasteiger partial charge in [0.1, 0.15) is 16.4 Å². The van der Waals surface area contributed by atoms with Gasteiger partial charge in [0.15, 0.2) is 0 Å². The van der Waals surface area contributed by atoms with Crippen LogP contribution in [0.15, 0.2) is 12.4 Å². The van der Waals surface area contributed by atoms with Crippen molar-refractivity contribution < 1.29 is 14.7 Å². The van der Waals surface area contributed by atoms with Crippen LogP contribution in [0.4, 0.5) is 0 Å². The molecule has 2 aromatic heterocycles. The van der Waals surface area contributed by atoms with Gasteiger partial charge in [-0.1, -0.05) is 0 Å². The van der Waals surface area contributed by atoms with Crippen LogP contribution in [0.2, 0.25) is 0 Å². The summed E-state index contributed by atoms with van der Waals surface area (Å²) in [5, 5.41) is 15.6. The number of nitrogens with one attached hydrogen (secondary N) is 1. The molecule has 2 N–H and O–H groups in total. The van der Waals surface area contributed by atoms with Crippen molar-refractivity contribution in [2.24, 2.45) is 7.05 Å². The van der Waals surface area contributed by atoms with E-state index in [0.717, 1.165) is 5.56 Å². The Kier molecular flexibility index (Phi) is 3.61. The average Bonchev–Trinajstić information content (AvgIpc) is 2.92. The maximum Gasteiger partial charge on any atom is 0.322 e. The van der Waals surface area contributed by atoms with Crippen LogP contribution in [0, 0.1) is 6.92 Å². The van der Waals surface area contributed by atoms with Crippen LogP contribution >= 0.6 is 11.3 Å². The highest BCUT2D eigenvalue weighted by molar-refractivity contribution is 7.17. The number of carbonyl (C=O) groups excluding carboxylic acids is 1. The molecule has 0 atom stereocenters. The molecule has 19 heavy (non-hydrogen) atoms. The lowest BCUT2D eigenvalue weighted by Gasteiger charge is -1.99. The number of carboxylic acid groups (broad SMARTS) is 1. The van der Waals surface area contributed by atoms with Crippen molar-refractivity contribution in [3.05, 3.63) is 23.0 Å². The van der Waals surface area contributed by atoms with Gasteiger partial charge < -0.3 is 10.4 Å². The maximum atomic E-state index is 11.8. The topological polar surface area (TPSA) is 97.1 Å². The van der Waals surface area contributed by atoms with Gasteiger partial charge >= 0.3 is 5.97 Å². The zero-order chi connectivity index (χ0) is 14.0. The highest BCUT2D eigenvalue weighted by atomic mass is 32.1. The Balaban J connectivity index is 2.21. The fraction of sp³-hybridized carbons (Fsp3) is 0.273. The lowest BCUT2D eigenvalue weighted by Crippen LogP contribution is -2.29. The number of aryl methyl sites for hydroxylation is 2. The standard InChI is InChI=1S/C11H12N4O3S/c1-6-9(10(18)12-4-8(16)17)19-11(14-6)7-3-13-15(2)5-7/h3,5H,4H2,1-2H3,(H,12,18)(H,16,17). The van der Waals surface area contributed by atoms with E-state index >= 15 is 0 Å². The Bertz CT molecular complexity index is 632. The van der Waals surface area contributed by atoms with Crippen molar-refractivity contribution in [3.8, 4) is 10.6 Å². The Morgan fingerprint density at radius 1 is 1.53 bits per heavy atom. The summed E-state index contributed by atoms with van der Waals surface area (Å²) >= 11 is 1.22. The summed E-state index contributed by atoms with van der Waals surface area (Å²) in [7, 11) is 1.80. The average molecular weight is 280 g/mol. The fourth-order valence-corrected chi connectivity index (χ4v) is 2.46. The van der Waals surface area contributed by atoms with Crippen molar-refractivity contribution in [1.29, 1.82) is 0 Å². The quantitative estimate of drug-likeness (QED) is 0.857. The molecule has 2 heterocycles. The molecule has 2 rings (SSSR count). The first-order chi connectivity index (χ1) is 8.97. The summed E-state index contributed by atoms with van der Waals surface area (Å²) in [5.74, 6) is -1.50. The molecule has 0 spiro atoms. The Morgan fingerprint density at radius 3 is 2.84 bits per heavy atom. The largest absolute Gasteiger partial charge is 0.480 e. The summed E-state index contributed by atoms with van der Waals surface area (Å²) in [5.41, 5.74) is 1.40. The molecule has 100 valence electrons. The summed E-state index contributed by atoms with van der Waals surface area (Å²) in [6.07, 6.45) is 3.47. The second-order valence-corrected chi connectivity index (χ2v) is 4.91. The highest BCUT2D eigenvalue weighted by Crippen LogP contribution is 2.27. The number of thiazole rings is 1. The number of carboxylic acids is 1. The van der Waals surface area contributed by atoms with Crippen molar-refractivity contribution in [2.45, 2.75) is 6.92 Å². The van der Waals surface area contributed by atoms with Gasteiger partial charge in [0.05, 0.1) is 11.9 Å². The monoisotopic (exact) mass is 280 g/mol. The zero-order valence-electron chi connectivity index (χ0n) is 10.4. The van der Waals surface area contributed by atoms with E-state index in [0.29, 0.717) is 15.6 Å². The van der Waals surface area contributed by atoms with Gasteiger partial charge in [0.2, 0.25) is 0 Å². The smallest absolute Gasteiger partial charge is 0.322 e. The molecule has 0 bridgehead atoms. The van der Waals surface area contributed by atoms with Crippen molar-refractivity contribution in [3.63, 3.8) is 0 Å². The van der Waals surface area contributed by atoms with Gasteiger partial charge in [-0.25, -0.2) is 4.98 Å². The van der Waals surface area contributed by atoms with Crippen LogP contribution in [0.5, 0.6) is 0 Å². The molecule has 0 aliphatic carbocycles. The number of nitrogens with zero attached hydrogens (tertiary/aromatic N) is 3. The number of amides is 1. The van der Waals surface area contributed by atoms with E-state index in [9.17, 15) is 9.59 Å². The highest BCUT2D eigenvalue weighted by Gasteiger charge is 2.17. The predicted octanol–water partition coefficient (Wildman–Crippen LogP) is 0.666. The van der Waals surface area contributed by atoms with E-state index in [4.69, 9.17) is 5.11 Å². The van der Waals surface area contributed by atoms with Crippen molar-refractivity contribution >= 4 is 23.2 Å². The number of aromatic nitrogens is 3. The zero-order valence-corrected chi connectivity index (χ0v) is 11.2. The number of rotatable bonds is 4. The third kappa shape index (κ3) is 2.97. The normalized spacial score (nSPS) is 10.4. The molecular formula is C11H12N4O3S. The molecule has 7 nitrogen and oxygen atoms in total. The first-order valence-electron chi connectivity index (χ1n) is 5.44. The first-order valence-corrected chi connectivity index (χ1v) is 6.25. The van der Waals surface area contributed by atoms with Gasteiger partial charge in [0.25, 0.3) is 5.91 Å². The summed E-state index contributed by atoms with van der Waals surface area (Å²) < 4.78 is 1.65. The molecule has 0 unspecified atom stereocenters. The molecule has 1 amide bonds. The molecular weight excluding hydrogens is 268 g/mol. The Morgan fingerprint density at radius 2 is 2.26 bits per heavy atom. The first kappa shape index (κ1) is 13.2. The van der Waals surface area contributed by atoms with E-state index in [1.54, 1.807) is 31.0 Å². The van der Waals surface area contributed by atoms with E-state index in [1.165, 1.54) is 11.3 Å². The van der Waals surface area contributed by atoms with Crippen LogP contribution in [0.25, 0.3) is 10.6 Å². The van der Waals surface area contributed by atoms with E-state index < -0.39 is 18.4 Å². The van der Waals surface area contributed by atoms with Gasteiger partial charge in [-0.2, -0.15) is 5.10 Å². The molecule has 0 saturated heterocycles. The van der Waals surface area contributed by atoms with E-state index in [-0.39, 0.29) is 0 Å². The summed E-state index contributed by atoms with van der Waals surface area (Å²) in [6.45, 7) is 1.31. The van der Waals surface area contributed by atoms with Crippen molar-refractivity contribution in [1.82, 2.24) is 20.1 Å². The molecule has 0 radical (unpaired) electrons. The minimum Gasteiger partial charge on any atom is -0.480 e. The minimum atomic E-state index is -1.08. The van der Waals surface area contributed by atoms with Crippen molar-refractivity contribution in [2.75, 3.05) is 6.54 Å². The molecule has 0 aliphatic rings. The summed E-state index contributed by atoms with van der Waals surface area (Å²) in [4.78, 5) is 26.9. The SMILES string of the molecule is Cc1nc(-c2cnn(C)c2)sc1C(=O)NCC(=O)O. The lowest BCUT2D eigenvalue weighted by molar-refractivity contribution is -0.135. The van der Waals surface area contributed by atoms with Gasteiger partial charge in [-0.15, -0.1) is 11.3 Å². The molecule has 0 aromatic carbocycles. The molecule has 2 aromatic rings. The third-order valence-corrected chi connectivity index (χ3v) is 3.56. The number of hydrogen-bond donors (Lipinski definition) is 2. The van der Waals surface area contributed by atoms with E-state index in [1.807, 2.05) is 0 Å². The second-order valence-electron chi connectivity index (χ2n) is 3.91. The maximum absolute atomic E-state index is 11.8. The van der Waals surface area contributed by atoms with Crippen LogP contribution in [0.3, 0.4) is 0 Å². The van der Waals surface area contributed by atoms with Gasteiger partial charge in [0, 0.05) is 18.8 Å². The minimum absolute atomic E-state index is 0.404. The van der Waals surface area contributed by atoms with Gasteiger partial charge in [-0.05, 0) is 6.92 Å². The van der Waals surface area contributed by atoms with Gasteiger partial charge in [-0.3, -0.25) is 14.3 Å². The van der Waals surface area contributed by atoms with Crippen LogP contribution < -0.4 is 5.32 Å². The van der Waals surface area contributed by atoms with E-state index in [2.05, 4.69) is 15.4 Å². The number of carbonyl (C=O) groups is 2. The lowest BCUT2D eigenvalue weighted by atomic mass is 10.3. The van der Waals surface area contributed by atoms with Crippen LogP contribution in [0.1, 0.15) is 15.4 Å². The molecule has 8 heteroatoms. The number of hydrogen-bond acceptors (Lipinski definition) is 5.